The fourth-order valence-corrected chi connectivity index (χ4v) is 4.87. The van der Waals surface area contributed by atoms with E-state index in [1.54, 1.807) is 24.3 Å². The summed E-state index contributed by atoms with van der Waals surface area (Å²) in [4.78, 5) is 15.2. The zero-order chi connectivity index (χ0) is 20.8. The molecule has 0 aliphatic heterocycles. The number of benzene rings is 1. The molecule has 3 rings (SSSR count). The normalized spacial score (nSPS) is 15.8. The monoisotopic (exact) mass is 416 g/mol. The fourth-order valence-electron chi connectivity index (χ4n) is 3.94. The smallest absolute Gasteiger partial charge is 0.236 e. The zero-order valence-corrected chi connectivity index (χ0v) is 18.0. The largest absolute Gasteiger partial charge is 0.339 e. The second kappa shape index (κ2) is 10.1. The lowest BCUT2D eigenvalue weighted by atomic mass is 9.94. The number of allylic oxidation sites excluding steroid dienone is 1. The molecule has 0 N–H and O–H groups in total. The Kier molecular flexibility index (Phi) is 7.47. The van der Waals surface area contributed by atoms with Crippen LogP contribution >= 0.6 is 11.8 Å². The molecule has 2 aromatic rings. The Morgan fingerprint density at radius 2 is 2.07 bits per heavy atom. The maximum Gasteiger partial charge on any atom is 0.236 e. The number of hydrogen-bond donors (Lipinski definition) is 0. The van der Waals surface area contributed by atoms with E-state index in [2.05, 4.69) is 16.8 Å². The first kappa shape index (κ1) is 21.6. The van der Waals surface area contributed by atoms with Crippen LogP contribution in [0.4, 0.5) is 4.39 Å². The van der Waals surface area contributed by atoms with Gasteiger partial charge < -0.3 is 4.90 Å². The van der Waals surface area contributed by atoms with Crippen LogP contribution in [0.3, 0.4) is 0 Å². The van der Waals surface area contributed by atoms with Crippen LogP contribution in [0.2, 0.25) is 0 Å². The van der Waals surface area contributed by atoms with Crippen molar-refractivity contribution in [1.82, 2.24) is 19.7 Å². The highest BCUT2D eigenvalue weighted by Crippen LogP contribution is 2.30. The maximum absolute atomic E-state index is 14.3. The molecule has 1 aliphatic rings. The van der Waals surface area contributed by atoms with Crippen LogP contribution in [-0.2, 0) is 11.3 Å². The van der Waals surface area contributed by atoms with E-state index < -0.39 is 0 Å². The third kappa shape index (κ3) is 4.89. The summed E-state index contributed by atoms with van der Waals surface area (Å²) in [6.07, 6.45) is 7.54. The molecule has 1 fully saturated rings. The van der Waals surface area contributed by atoms with Gasteiger partial charge in [0.05, 0.1) is 10.8 Å². The molecule has 0 radical (unpaired) electrons. The topological polar surface area (TPSA) is 51.0 Å². The van der Waals surface area contributed by atoms with Crippen molar-refractivity contribution in [2.45, 2.75) is 68.9 Å². The molecular weight excluding hydrogens is 387 g/mol. The van der Waals surface area contributed by atoms with Gasteiger partial charge in [-0.2, -0.15) is 0 Å². The predicted octanol–water partition coefficient (Wildman–Crippen LogP) is 4.93. The molecule has 1 heterocycles. The second-order valence-corrected chi connectivity index (χ2v) is 8.67. The summed E-state index contributed by atoms with van der Waals surface area (Å²) in [7, 11) is 0. The van der Waals surface area contributed by atoms with Crippen LogP contribution < -0.4 is 0 Å². The van der Waals surface area contributed by atoms with E-state index in [4.69, 9.17) is 0 Å². The number of halogens is 1. The third-order valence-electron chi connectivity index (χ3n) is 5.41. The van der Waals surface area contributed by atoms with Crippen LogP contribution in [0, 0.1) is 5.82 Å². The summed E-state index contributed by atoms with van der Waals surface area (Å²) < 4.78 is 16.1. The van der Waals surface area contributed by atoms with Crippen molar-refractivity contribution in [2.24, 2.45) is 0 Å². The number of aromatic nitrogens is 3. The van der Waals surface area contributed by atoms with Crippen molar-refractivity contribution in [3.05, 3.63) is 42.7 Å². The SMILES string of the molecule is C=CCn1c(SC(C)C(=O)N(CC)C2CCCCC2)nnc1-c1ccccc1F. The standard InChI is InChI=1S/C22H29FN4OS/c1-4-15-27-20(18-13-9-10-14-19(18)23)24-25-22(27)29-16(3)21(28)26(5-2)17-11-7-6-8-12-17/h4,9-10,13-14,16-17H,1,5-8,11-12,15H2,2-3H3. The van der Waals surface area contributed by atoms with Gasteiger partial charge in [0.1, 0.15) is 5.82 Å². The highest BCUT2D eigenvalue weighted by atomic mass is 32.2. The van der Waals surface area contributed by atoms with Gasteiger partial charge in [-0.25, -0.2) is 4.39 Å². The zero-order valence-electron chi connectivity index (χ0n) is 17.2. The summed E-state index contributed by atoms with van der Waals surface area (Å²) in [6, 6.07) is 6.85. The minimum absolute atomic E-state index is 0.130. The Hall–Kier alpha value is -2.15. The van der Waals surface area contributed by atoms with E-state index in [1.165, 1.54) is 37.1 Å². The molecule has 1 saturated carbocycles. The molecule has 1 atom stereocenters. The molecule has 1 aromatic heterocycles. The summed E-state index contributed by atoms with van der Waals surface area (Å²) in [6.45, 7) is 8.91. The average molecular weight is 417 g/mol. The lowest BCUT2D eigenvalue weighted by Crippen LogP contribution is -2.44. The number of nitrogens with zero attached hydrogens (tertiary/aromatic N) is 4. The highest BCUT2D eigenvalue weighted by Gasteiger charge is 2.29. The van der Waals surface area contributed by atoms with E-state index in [-0.39, 0.29) is 17.0 Å². The minimum Gasteiger partial charge on any atom is -0.339 e. The molecule has 0 saturated heterocycles. The van der Waals surface area contributed by atoms with E-state index in [0.717, 1.165) is 12.8 Å². The van der Waals surface area contributed by atoms with Crippen molar-refractivity contribution in [3.63, 3.8) is 0 Å². The first-order chi connectivity index (χ1) is 14.1. The van der Waals surface area contributed by atoms with Crippen LogP contribution in [-0.4, -0.2) is 43.4 Å². The van der Waals surface area contributed by atoms with Crippen LogP contribution in [0.25, 0.3) is 11.4 Å². The molecule has 1 aromatic carbocycles. The summed E-state index contributed by atoms with van der Waals surface area (Å²) in [5.74, 6) is 0.232. The van der Waals surface area contributed by atoms with Gasteiger partial charge in [-0.3, -0.25) is 9.36 Å². The molecular formula is C22H29FN4OS. The Morgan fingerprint density at radius 3 is 2.72 bits per heavy atom. The van der Waals surface area contributed by atoms with Crippen molar-refractivity contribution in [2.75, 3.05) is 6.54 Å². The molecule has 1 amide bonds. The number of carbonyl (C=O) groups excluding carboxylic acids is 1. The second-order valence-electron chi connectivity index (χ2n) is 7.36. The van der Waals surface area contributed by atoms with E-state index in [1.807, 2.05) is 23.3 Å². The minimum atomic E-state index is -0.347. The van der Waals surface area contributed by atoms with Crippen molar-refractivity contribution in [1.29, 1.82) is 0 Å². The van der Waals surface area contributed by atoms with Gasteiger partial charge >= 0.3 is 0 Å². The van der Waals surface area contributed by atoms with Gasteiger partial charge in [0.2, 0.25) is 5.91 Å². The Balaban J connectivity index is 1.80. The number of rotatable bonds is 8. The lowest BCUT2D eigenvalue weighted by Gasteiger charge is -2.35. The van der Waals surface area contributed by atoms with Crippen molar-refractivity contribution in [3.8, 4) is 11.4 Å². The number of thioether (sulfide) groups is 1. The summed E-state index contributed by atoms with van der Waals surface area (Å²) in [5.41, 5.74) is 0.394. The lowest BCUT2D eigenvalue weighted by molar-refractivity contribution is -0.133. The first-order valence-electron chi connectivity index (χ1n) is 10.3. The van der Waals surface area contributed by atoms with Gasteiger partial charge in [0.25, 0.3) is 0 Å². The quantitative estimate of drug-likeness (QED) is 0.452. The fraction of sp³-hybridized carbons (Fsp3) is 0.500. The molecule has 156 valence electrons. The molecule has 0 spiro atoms. The van der Waals surface area contributed by atoms with E-state index in [0.29, 0.717) is 35.7 Å². The van der Waals surface area contributed by atoms with Gasteiger partial charge in [-0.15, -0.1) is 16.8 Å². The molecule has 5 nitrogen and oxygen atoms in total. The molecule has 29 heavy (non-hydrogen) atoms. The van der Waals surface area contributed by atoms with Crippen LogP contribution in [0.15, 0.2) is 42.1 Å². The first-order valence-corrected chi connectivity index (χ1v) is 11.2. The van der Waals surface area contributed by atoms with Crippen molar-refractivity contribution >= 4 is 17.7 Å². The highest BCUT2D eigenvalue weighted by molar-refractivity contribution is 8.00. The summed E-state index contributed by atoms with van der Waals surface area (Å²) in [5, 5.41) is 8.78. The summed E-state index contributed by atoms with van der Waals surface area (Å²) >= 11 is 1.38. The van der Waals surface area contributed by atoms with Crippen LogP contribution in [0.5, 0.6) is 0 Å². The Morgan fingerprint density at radius 1 is 1.34 bits per heavy atom. The van der Waals surface area contributed by atoms with E-state index >= 15 is 0 Å². The van der Waals surface area contributed by atoms with Crippen molar-refractivity contribution < 1.29 is 9.18 Å². The Labute approximate surface area is 176 Å². The van der Waals surface area contributed by atoms with Gasteiger partial charge in [-0.05, 0) is 38.8 Å². The number of hydrogen-bond acceptors (Lipinski definition) is 4. The maximum atomic E-state index is 14.3. The van der Waals surface area contributed by atoms with Gasteiger partial charge in [0, 0.05) is 19.1 Å². The van der Waals surface area contributed by atoms with E-state index in [9.17, 15) is 9.18 Å². The van der Waals surface area contributed by atoms with Gasteiger partial charge in [0.15, 0.2) is 11.0 Å². The molecule has 1 aliphatic carbocycles. The third-order valence-corrected chi connectivity index (χ3v) is 6.48. The van der Waals surface area contributed by atoms with Crippen LogP contribution in [0.1, 0.15) is 46.0 Å². The predicted molar refractivity (Wildman–Crippen MR) is 115 cm³/mol. The molecule has 7 heteroatoms. The average Bonchev–Trinajstić information content (AvgIpc) is 3.12. The number of amides is 1. The number of carbonyl (C=O) groups is 1. The Bertz CT molecular complexity index is 847. The molecule has 1 unspecified atom stereocenters. The molecule has 0 bridgehead atoms. The van der Waals surface area contributed by atoms with Gasteiger partial charge in [-0.1, -0.05) is 49.2 Å².